The van der Waals surface area contributed by atoms with Crippen molar-refractivity contribution in [1.82, 2.24) is 14.5 Å². The number of aromatic nitrogens is 4. The zero-order valence-electron chi connectivity index (χ0n) is 21.9. The molecular weight excluding hydrogens is 454 g/mol. The fraction of sp³-hybridized carbons (Fsp3) is 0.219. The van der Waals surface area contributed by atoms with Crippen LogP contribution in [0.5, 0.6) is 0 Å². The van der Waals surface area contributed by atoms with Gasteiger partial charge in [0.2, 0.25) is 5.82 Å². The van der Waals surface area contributed by atoms with Crippen molar-refractivity contribution < 1.29 is 4.57 Å². The van der Waals surface area contributed by atoms with Gasteiger partial charge in [0, 0.05) is 29.4 Å². The highest BCUT2D eigenvalue weighted by Gasteiger charge is 2.40. The molecule has 1 aliphatic heterocycles. The van der Waals surface area contributed by atoms with Gasteiger partial charge in [0.25, 0.3) is 5.65 Å². The lowest BCUT2D eigenvalue weighted by atomic mass is 9.81. The van der Waals surface area contributed by atoms with Crippen LogP contribution in [0.1, 0.15) is 32.2 Å². The molecule has 37 heavy (non-hydrogen) atoms. The van der Waals surface area contributed by atoms with Gasteiger partial charge in [0.15, 0.2) is 5.52 Å². The number of para-hydroxylation sites is 2. The molecule has 184 valence electrons. The van der Waals surface area contributed by atoms with E-state index in [1.54, 1.807) is 0 Å². The monoisotopic (exact) mass is 486 g/mol. The zero-order chi connectivity index (χ0) is 25.7. The smallest absolute Gasteiger partial charge is 0.322 e. The van der Waals surface area contributed by atoms with Gasteiger partial charge in [0.1, 0.15) is 5.52 Å². The first kappa shape index (κ1) is 23.2. The fourth-order valence-electron chi connectivity index (χ4n) is 5.89. The van der Waals surface area contributed by atoms with E-state index in [-0.39, 0.29) is 5.41 Å². The molecule has 2 aromatic heterocycles. The fourth-order valence-corrected chi connectivity index (χ4v) is 5.89. The van der Waals surface area contributed by atoms with Crippen LogP contribution < -0.4 is 9.47 Å². The molecule has 0 aliphatic carbocycles. The van der Waals surface area contributed by atoms with Gasteiger partial charge in [0.05, 0.1) is 13.6 Å². The van der Waals surface area contributed by atoms with Crippen LogP contribution in [-0.2, 0) is 19.0 Å². The van der Waals surface area contributed by atoms with Gasteiger partial charge in [-0.2, -0.15) is 0 Å². The summed E-state index contributed by atoms with van der Waals surface area (Å²) in [5.41, 5.74) is 7.37. The number of rotatable bonds is 5. The molecule has 5 heteroatoms. The molecule has 1 aliphatic rings. The van der Waals surface area contributed by atoms with E-state index in [4.69, 9.17) is 9.97 Å². The standard InChI is InChI=1S/C32H32N5/c1-6-21-37-26-20-19-22-13-8-9-14-23(22)29(26)32(3,4)27(37)17-12-18-28-35(5)30-31(36(28)7-2)34-25-16-11-10-15-24(25)33-30/h6,8-20H,1,7,21H2,2-5H3/q+1. The second kappa shape index (κ2) is 8.70. The molecule has 3 heterocycles. The highest BCUT2D eigenvalue weighted by molar-refractivity contribution is 5.95. The molecule has 0 radical (unpaired) electrons. The molecule has 0 saturated carbocycles. The number of allylic oxidation sites excluding steroid dienone is 3. The van der Waals surface area contributed by atoms with Crippen LogP contribution in [-0.4, -0.2) is 21.1 Å². The second-order valence-corrected chi connectivity index (χ2v) is 10.1. The summed E-state index contributed by atoms with van der Waals surface area (Å²) in [5.74, 6) is 1.07. The van der Waals surface area contributed by atoms with Crippen molar-refractivity contribution in [3.8, 4) is 0 Å². The highest BCUT2D eigenvalue weighted by atomic mass is 15.2. The predicted molar refractivity (Wildman–Crippen MR) is 154 cm³/mol. The van der Waals surface area contributed by atoms with Crippen LogP contribution in [0.25, 0.3) is 39.2 Å². The summed E-state index contributed by atoms with van der Waals surface area (Å²) in [7, 11) is 2.07. The average molecular weight is 487 g/mol. The third kappa shape index (κ3) is 3.49. The second-order valence-electron chi connectivity index (χ2n) is 10.1. The number of hydrogen-bond acceptors (Lipinski definition) is 3. The van der Waals surface area contributed by atoms with E-state index in [2.05, 4.69) is 103 Å². The topological polar surface area (TPSA) is 37.8 Å². The summed E-state index contributed by atoms with van der Waals surface area (Å²) in [4.78, 5) is 12.3. The molecule has 0 atom stereocenters. The van der Waals surface area contributed by atoms with Gasteiger partial charge in [-0.15, -0.1) is 6.58 Å². The lowest BCUT2D eigenvalue weighted by Crippen LogP contribution is -2.31. The van der Waals surface area contributed by atoms with Crippen molar-refractivity contribution in [1.29, 1.82) is 0 Å². The van der Waals surface area contributed by atoms with Gasteiger partial charge in [-0.3, -0.25) is 0 Å². The van der Waals surface area contributed by atoms with Crippen molar-refractivity contribution in [3.63, 3.8) is 0 Å². The maximum atomic E-state index is 4.94. The summed E-state index contributed by atoms with van der Waals surface area (Å²) < 4.78 is 4.37. The lowest BCUT2D eigenvalue weighted by Gasteiger charge is -2.26. The minimum atomic E-state index is -0.149. The Morgan fingerprint density at radius 3 is 2.46 bits per heavy atom. The molecule has 0 N–H and O–H groups in total. The van der Waals surface area contributed by atoms with Crippen molar-refractivity contribution in [3.05, 3.63) is 103 Å². The van der Waals surface area contributed by atoms with Crippen molar-refractivity contribution >= 4 is 44.9 Å². The Morgan fingerprint density at radius 1 is 0.973 bits per heavy atom. The van der Waals surface area contributed by atoms with Gasteiger partial charge in [-0.05, 0) is 47.5 Å². The van der Waals surface area contributed by atoms with E-state index in [0.717, 1.165) is 41.2 Å². The molecule has 3 aromatic carbocycles. The van der Waals surface area contributed by atoms with Gasteiger partial charge in [-0.1, -0.05) is 73.4 Å². The molecule has 0 unspecified atom stereocenters. The Balaban J connectivity index is 1.47. The maximum Gasteiger partial charge on any atom is 0.322 e. The zero-order valence-corrected chi connectivity index (χ0v) is 21.9. The van der Waals surface area contributed by atoms with Crippen LogP contribution in [0.3, 0.4) is 0 Å². The van der Waals surface area contributed by atoms with Gasteiger partial charge < -0.3 is 4.90 Å². The van der Waals surface area contributed by atoms with Crippen LogP contribution in [0.4, 0.5) is 5.69 Å². The Kier molecular flexibility index (Phi) is 5.45. The minimum absolute atomic E-state index is 0.149. The van der Waals surface area contributed by atoms with E-state index in [0.29, 0.717) is 0 Å². The maximum absolute atomic E-state index is 4.94. The number of imidazole rings is 1. The predicted octanol–water partition coefficient (Wildman–Crippen LogP) is 6.46. The van der Waals surface area contributed by atoms with E-state index in [1.807, 2.05) is 30.3 Å². The van der Waals surface area contributed by atoms with Gasteiger partial charge >= 0.3 is 5.65 Å². The molecular formula is C32H32N5+. The Hall–Kier alpha value is -4.25. The first-order valence-electron chi connectivity index (χ1n) is 12.9. The number of benzene rings is 3. The summed E-state index contributed by atoms with van der Waals surface area (Å²) in [5, 5.41) is 2.59. The Morgan fingerprint density at radius 2 is 1.70 bits per heavy atom. The molecule has 0 bridgehead atoms. The third-order valence-corrected chi connectivity index (χ3v) is 7.61. The summed E-state index contributed by atoms with van der Waals surface area (Å²) >= 11 is 0. The van der Waals surface area contributed by atoms with Crippen LogP contribution in [0.15, 0.2) is 91.2 Å². The third-order valence-electron chi connectivity index (χ3n) is 7.61. The molecule has 0 amide bonds. The Labute approximate surface area is 217 Å². The number of anilines is 1. The van der Waals surface area contributed by atoms with Crippen LogP contribution in [0.2, 0.25) is 0 Å². The molecule has 5 aromatic rings. The first-order valence-corrected chi connectivity index (χ1v) is 12.9. The van der Waals surface area contributed by atoms with Crippen molar-refractivity contribution in [2.45, 2.75) is 32.7 Å². The normalized spacial score (nSPS) is 16.0. The molecule has 6 rings (SSSR count). The van der Waals surface area contributed by atoms with Crippen molar-refractivity contribution in [2.24, 2.45) is 7.05 Å². The molecule has 0 saturated heterocycles. The largest absolute Gasteiger partial charge is 0.340 e. The molecule has 5 nitrogen and oxygen atoms in total. The Bertz CT molecular complexity index is 1750. The SMILES string of the molecule is C=CCN1C(=CC=Cc2n(CC)c3nc4ccccc4nc3[n+]2C)C(C)(C)c2c1ccc1ccccc21. The van der Waals surface area contributed by atoms with Crippen LogP contribution in [0, 0.1) is 0 Å². The molecule has 0 spiro atoms. The van der Waals surface area contributed by atoms with Crippen LogP contribution >= 0.6 is 0 Å². The van der Waals surface area contributed by atoms with E-state index >= 15 is 0 Å². The summed E-state index contributed by atoms with van der Waals surface area (Å²) in [6.07, 6.45) is 8.58. The minimum Gasteiger partial charge on any atom is -0.340 e. The average Bonchev–Trinajstić information content (AvgIpc) is 3.29. The van der Waals surface area contributed by atoms with E-state index in [9.17, 15) is 0 Å². The van der Waals surface area contributed by atoms with Gasteiger partial charge in [-0.25, -0.2) is 14.1 Å². The van der Waals surface area contributed by atoms with E-state index in [1.165, 1.54) is 27.7 Å². The lowest BCUT2D eigenvalue weighted by molar-refractivity contribution is -0.649. The first-order chi connectivity index (χ1) is 18.0. The number of aryl methyl sites for hydroxylation is 2. The number of hydrogen-bond donors (Lipinski definition) is 0. The quantitative estimate of drug-likeness (QED) is 0.211. The summed E-state index contributed by atoms with van der Waals surface area (Å²) in [6, 6.07) is 21.2. The summed E-state index contributed by atoms with van der Waals surface area (Å²) in [6.45, 7) is 12.4. The number of nitrogens with zero attached hydrogens (tertiary/aromatic N) is 5. The van der Waals surface area contributed by atoms with Crippen molar-refractivity contribution in [2.75, 3.05) is 11.4 Å². The number of fused-ring (bicyclic) bond motifs is 5. The molecule has 0 fully saturated rings. The highest BCUT2D eigenvalue weighted by Crippen LogP contribution is 2.50. The van der Waals surface area contributed by atoms with E-state index < -0.39 is 0 Å².